The second-order valence-corrected chi connectivity index (χ2v) is 7.14. The van der Waals surface area contributed by atoms with E-state index >= 15 is 0 Å². The number of rotatable bonds is 7. The molecule has 0 spiro atoms. The van der Waals surface area contributed by atoms with Gasteiger partial charge in [0.1, 0.15) is 11.3 Å². The van der Waals surface area contributed by atoms with E-state index in [1.54, 1.807) is 12.1 Å². The van der Waals surface area contributed by atoms with Crippen molar-refractivity contribution in [2.45, 2.75) is 25.8 Å². The van der Waals surface area contributed by atoms with E-state index in [1.165, 1.54) is 14.2 Å². The molecule has 1 heterocycles. The lowest BCUT2D eigenvalue weighted by Crippen LogP contribution is -2.40. The second-order valence-electron chi connectivity index (χ2n) is 7.14. The van der Waals surface area contributed by atoms with E-state index in [9.17, 15) is 9.59 Å². The highest BCUT2D eigenvalue weighted by Gasteiger charge is 2.24. The van der Waals surface area contributed by atoms with Crippen molar-refractivity contribution in [3.05, 3.63) is 59.2 Å². The molecule has 8 heteroatoms. The number of esters is 1. The summed E-state index contributed by atoms with van der Waals surface area (Å²) < 4.78 is 10.1. The Balaban J connectivity index is 1.71. The van der Waals surface area contributed by atoms with E-state index in [1.807, 2.05) is 37.3 Å². The Morgan fingerprint density at radius 3 is 2.74 bits per heavy atom. The molecule has 2 aromatic rings. The molecular weight excluding hydrogens is 396 g/mol. The number of amides is 1. The third kappa shape index (κ3) is 5.53. The summed E-state index contributed by atoms with van der Waals surface area (Å²) in [6.45, 7) is 3.63. The molecule has 8 nitrogen and oxygen atoms in total. The summed E-state index contributed by atoms with van der Waals surface area (Å²) in [5.41, 5.74) is 3.19. The van der Waals surface area contributed by atoms with Crippen molar-refractivity contribution >= 4 is 23.5 Å². The molecule has 0 aliphatic carbocycles. The quantitative estimate of drug-likeness (QED) is 0.359. The number of hydrogen-bond acceptors (Lipinski definition) is 5. The molecule has 0 saturated heterocycles. The Labute approximate surface area is 182 Å². The number of hydrogen-bond donors (Lipinski definition) is 3. The van der Waals surface area contributed by atoms with Gasteiger partial charge in [-0.15, -0.1) is 0 Å². The smallest absolute Gasteiger partial charge is 0.341 e. The highest BCUT2D eigenvalue weighted by molar-refractivity contribution is 5.95. The van der Waals surface area contributed by atoms with Gasteiger partial charge in [0, 0.05) is 31.1 Å². The molecule has 3 N–H and O–H groups in total. The first-order chi connectivity index (χ1) is 15.0. The highest BCUT2D eigenvalue weighted by Crippen LogP contribution is 2.31. The van der Waals surface area contributed by atoms with Gasteiger partial charge in [-0.1, -0.05) is 24.3 Å². The van der Waals surface area contributed by atoms with E-state index in [2.05, 4.69) is 20.9 Å². The molecule has 1 atom stereocenters. The first-order valence-electron chi connectivity index (χ1n) is 10.2. The Morgan fingerprint density at radius 1 is 1.19 bits per heavy atom. The topological polar surface area (TPSA) is 101 Å². The van der Waals surface area contributed by atoms with E-state index in [0.717, 1.165) is 16.8 Å². The average molecular weight is 425 g/mol. The zero-order chi connectivity index (χ0) is 22.2. The minimum atomic E-state index is -0.457. The zero-order valence-electron chi connectivity index (χ0n) is 18.0. The number of ether oxygens (including phenoxy) is 2. The van der Waals surface area contributed by atoms with Gasteiger partial charge in [-0.05, 0) is 36.2 Å². The van der Waals surface area contributed by atoms with Crippen LogP contribution in [0.5, 0.6) is 5.75 Å². The number of para-hydroxylation sites is 1. The Kier molecular flexibility index (Phi) is 7.48. The van der Waals surface area contributed by atoms with E-state index in [4.69, 9.17) is 9.47 Å². The monoisotopic (exact) mass is 424 g/mol. The van der Waals surface area contributed by atoms with Crippen LogP contribution in [0.4, 0.5) is 5.69 Å². The molecule has 1 aliphatic rings. The number of guanidine groups is 1. The maximum Gasteiger partial charge on any atom is 0.341 e. The normalized spacial score (nSPS) is 15.5. The highest BCUT2D eigenvalue weighted by atomic mass is 16.5. The average Bonchev–Trinajstić information content (AvgIpc) is 2.79. The molecule has 0 saturated carbocycles. The van der Waals surface area contributed by atoms with Crippen molar-refractivity contribution in [2.24, 2.45) is 4.99 Å². The predicted octanol–water partition coefficient (Wildman–Crippen LogP) is 2.66. The van der Waals surface area contributed by atoms with Gasteiger partial charge in [-0.2, -0.15) is 0 Å². The van der Waals surface area contributed by atoms with E-state index < -0.39 is 5.97 Å². The molecule has 3 rings (SSSR count). The first-order valence-corrected chi connectivity index (χ1v) is 10.2. The molecule has 0 bridgehead atoms. The Morgan fingerprint density at radius 2 is 2.00 bits per heavy atom. The van der Waals surface area contributed by atoms with Crippen LogP contribution >= 0.6 is 0 Å². The first kappa shape index (κ1) is 22.1. The summed E-state index contributed by atoms with van der Waals surface area (Å²) >= 11 is 0. The van der Waals surface area contributed by atoms with Gasteiger partial charge in [0.2, 0.25) is 5.91 Å². The fourth-order valence-corrected chi connectivity index (χ4v) is 3.54. The van der Waals surface area contributed by atoms with Crippen LogP contribution in [0.15, 0.2) is 47.5 Å². The third-order valence-electron chi connectivity index (χ3n) is 5.06. The number of aliphatic imine (C=N–C) groups is 1. The number of carbonyl (C=O) groups is 2. The summed E-state index contributed by atoms with van der Waals surface area (Å²) in [5, 5.41) is 9.47. The lowest BCUT2D eigenvalue weighted by Gasteiger charge is -2.26. The predicted molar refractivity (Wildman–Crippen MR) is 120 cm³/mol. The lowest BCUT2D eigenvalue weighted by atomic mass is 9.90. The van der Waals surface area contributed by atoms with Gasteiger partial charge < -0.3 is 25.4 Å². The van der Waals surface area contributed by atoms with Gasteiger partial charge in [-0.3, -0.25) is 4.79 Å². The van der Waals surface area contributed by atoms with Gasteiger partial charge >= 0.3 is 5.97 Å². The maximum absolute atomic E-state index is 12.0. The van der Waals surface area contributed by atoms with Crippen LogP contribution in [-0.2, 0) is 16.1 Å². The molecule has 1 aliphatic heterocycles. The molecule has 0 aromatic heterocycles. The van der Waals surface area contributed by atoms with Gasteiger partial charge in [0.05, 0.1) is 20.8 Å². The van der Waals surface area contributed by atoms with E-state index in [-0.39, 0.29) is 11.8 Å². The number of anilines is 1. The molecule has 0 fully saturated rings. The van der Waals surface area contributed by atoms with Crippen LogP contribution in [0.1, 0.15) is 40.7 Å². The van der Waals surface area contributed by atoms with E-state index in [0.29, 0.717) is 43.3 Å². The Bertz CT molecular complexity index is 974. The van der Waals surface area contributed by atoms with Crippen molar-refractivity contribution in [1.29, 1.82) is 0 Å². The van der Waals surface area contributed by atoms with Gasteiger partial charge in [-0.25, -0.2) is 9.79 Å². The van der Waals surface area contributed by atoms with Crippen LogP contribution in [0.3, 0.4) is 0 Å². The molecule has 1 amide bonds. The van der Waals surface area contributed by atoms with Crippen LogP contribution in [0, 0.1) is 0 Å². The van der Waals surface area contributed by atoms with Gasteiger partial charge in [0.15, 0.2) is 5.96 Å². The second kappa shape index (κ2) is 10.5. The summed E-state index contributed by atoms with van der Waals surface area (Å²) in [7, 11) is 2.85. The van der Waals surface area contributed by atoms with Gasteiger partial charge in [0.25, 0.3) is 0 Å². The molecule has 164 valence electrons. The maximum atomic E-state index is 12.0. The van der Waals surface area contributed by atoms with Crippen molar-refractivity contribution in [2.75, 3.05) is 32.6 Å². The van der Waals surface area contributed by atoms with Crippen LogP contribution in [0.2, 0.25) is 0 Å². The van der Waals surface area contributed by atoms with Crippen molar-refractivity contribution < 1.29 is 19.1 Å². The molecule has 1 unspecified atom stereocenters. The number of carbonyl (C=O) groups excluding carboxylic acids is 2. The number of fused-ring (bicyclic) bond motifs is 1. The standard InChI is InChI=1S/C23H28N4O4/c1-4-24-23(25-13-15-9-10-20(30-2)18(11-15)22(29)31-3)26-14-16-12-21(28)27-19-8-6-5-7-17(16)19/h5-11,16H,4,12-14H2,1-3H3,(H,27,28)(H2,24,25,26). The minimum Gasteiger partial charge on any atom is -0.496 e. The van der Waals surface area contributed by atoms with Crippen molar-refractivity contribution in [3.8, 4) is 5.75 Å². The fraction of sp³-hybridized carbons (Fsp3) is 0.348. The molecular formula is C23H28N4O4. The van der Waals surface area contributed by atoms with Crippen molar-refractivity contribution in [3.63, 3.8) is 0 Å². The van der Waals surface area contributed by atoms with Crippen LogP contribution in [-0.4, -0.2) is 45.1 Å². The number of nitrogens with zero attached hydrogens (tertiary/aromatic N) is 1. The summed E-state index contributed by atoms with van der Waals surface area (Å²) in [4.78, 5) is 28.7. The van der Waals surface area contributed by atoms with Crippen LogP contribution in [0.25, 0.3) is 0 Å². The lowest BCUT2D eigenvalue weighted by molar-refractivity contribution is -0.116. The fourth-order valence-electron chi connectivity index (χ4n) is 3.54. The molecule has 2 aromatic carbocycles. The van der Waals surface area contributed by atoms with Crippen molar-refractivity contribution in [1.82, 2.24) is 10.6 Å². The Hall–Kier alpha value is -3.55. The third-order valence-corrected chi connectivity index (χ3v) is 5.06. The zero-order valence-corrected chi connectivity index (χ0v) is 18.0. The number of benzene rings is 2. The minimum absolute atomic E-state index is 0.0148. The SMILES string of the molecule is CCNC(=NCc1ccc(OC)c(C(=O)OC)c1)NCC1CC(=O)Nc2ccccc21. The number of nitrogens with one attached hydrogen (secondary N) is 3. The molecule has 31 heavy (non-hydrogen) atoms. The summed E-state index contributed by atoms with van der Waals surface area (Å²) in [6, 6.07) is 13.2. The van der Waals surface area contributed by atoms with Crippen LogP contribution < -0.4 is 20.7 Å². The molecule has 0 radical (unpaired) electrons. The summed E-state index contributed by atoms with van der Waals surface area (Å²) in [5.74, 6) is 0.712. The number of methoxy groups -OCH3 is 2. The summed E-state index contributed by atoms with van der Waals surface area (Å²) in [6.07, 6.45) is 0.421. The largest absolute Gasteiger partial charge is 0.496 e.